The van der Waals surface area contributed by atoms with Crippen LogP contribution in [-0.4, -0.2) is 57.2 Å². The van der Waals surface area contributed by atoms with Gasteiger partial charge in [-0.3, -0.25) is 9.89 Å². The van der Waals surface area contributed by atoms with Crippen LogP contribution in [0.25, 0.3) is 11.3 Å². The lowest BCUT2D eigenvalue weighted by Gasteiger charge is -2.30. The van der Waals surface area contributed by atoms with Gasteiger partial charge in [0.15, 0.2) is 0 Å². The number of carbonyl (C=O) groups excluding carboxylic acids is 1. The zero-order valence-electron chi connectivity index (χ0n) is 16.5. The molecule has 3 aromatic rings. The van der Waals surface area contributed by atoms with E-state index >= 15 is 0 Å². The van der Waals surface area contributed by atoms with E-state index in [0.29, 0.717) is 31.1 Å². The summed E-state index contributed by atoms with van der Waals surface area (Å²) < 4.78 is 0. The highest BCUT2D eigenvalue weighted by molar-refractivity contribution is 5.93. The molecule has 8 heteroatoms. The number of aromatic amines is 1. The molecule has 1 saturated heterocycles. The Hall–Kier alpha value is -3.26. The first kappa shape index (κ1) is 19.1. The van der Waals surface area contributed by atoms with Gasteiger partial charge >= 0.3 is 0 Å². The first-order valence-corrected chi connectivity index (χ1v) is 9.78. The van der Waals surface area contributed by atoms with Gasteiger partial charge in [-0.1, -0.05) is 30.3 Å². The number of hydrogen-bond acceptors (Lipinski definition) is 6. The maximum absolute atomic E-state index is 12.6. The number of hydrogen-bond donors (Lipinski definition) is 2. The fraction of sp³-hybridized carbons (Fsp3) is 0.333. The van der Waals surface area contributed by atoms with Crippen molar-refractivity contribution in [2.75, 3.05) is 25.0 Å². The molecule has 0 aliphatic carbocycles. The molecule has 1 fully saturated rings. The normalized spacial score (nSPS) is 14.8. The van der Waals surface area contributed by atoms with Gasteiger partial charge in [0.2, 0.25) is 5.95 Å². The van der Waals surface area contributed by atoms with Crippen LogP contribution in [0, 0.1) is 0 Å². The predicted octanol–water partition coefficient (Wildman–Crippen LogP) is 2.07. The van der Waals surface area contributed by atoms with Gasteiger partial charge in [0, 0.05) is 44.1 Å². The number of rotatable bonds is 5. The van der Waals surface area contributed by atoms with Crippen LogP contribution in [0.15, 0.2) is 48.8 Å². The molecular formula is C21H25N7O. The zero-order chi connectivity index (χ0) is 20.2. The fourth-order valence-corrected chi connectivity index (χ4v) is 3.44. The van der Waals surface area contributed by atoms with Gasteiger partial charge in [-0.05, 0) is 18.9 Å². The van der Waals surface area contributed by atoms with Gasteiger partial charge in [-0.2, -0.15) is 5.10 Å². The van der Waals surface area contributed by atoms with E-state index in [1.165, 1.54) is 0 Å². The third kappa shape index (κ3) is 4.43. The van der Waals surface area contributed by atoms with Crippen LogP contribution >= 0.6 is 0 Å². The van der Waals surface area contributed by atoms with Crippen LogP contribution in [0.1, 0.15) is 28.9 Å². The molecule has 0 spiro atoms. The van der Waals surface area contributed by atoms with Crippen molar-refractivity contribution < 1.29 is 4.79 Å². The number of aromatic nitrogens is 4. The first-order chi connectivity index (χ1) is 14.1. The molecule has 1 amide bonds. The Balaban J connectivity index is 1.39. The van der Waals surface area contributed by atoms with E-state index in [0.717, 1.165) is 29.8 Å². The molecular weight excluding hydrogens is 366 g/mol. The second-order valence-corrected chi connectivity index (χ2v) is 7.40. The van der Waals surface area contributed by atoms with Crippen molar-refractivity contribution in [3.05, 3.63) is 60.0 Å². The van der Waals surface area contributed by atoms with Crippen LogP contribution in [0.2, 0.25) is 0 Å². The highest BCUT2D eigenvalue weighted by Crippen LogP contribution is 2.18. The highest BCUT2D eigenvalue weighted by Gasteiger charge is 2.22. The number of piperidine rings is 1. The third-order valence-electron chi connectivity index (χ3n) is 5.16. The first-order valence-electron chi connectivity index (χ1n) is 9.78. The lowest BCUT2D eigenvalue weighted by atomic mass is 10.1. The van der Waals surface area contributed by atoms with Gasteiger partial charge in [0.1, 0.15) is 0 Å². The van der Waals surface area contributed by atoms with Gasteiger partial charge in [-0.15, -0.1) is 0 Å². The van der Waals surface area contributed by atoms with Crippen LogP contribution in [0.5, 0.6) is 0 Å². The molecule has 3 heterocycles. The smallest absolute Gasteiger partial charge is 0.256 e. The van der Waals surface area contributed by atoms with Crippen molar-refractivity contribution in [3.63, 3.8) is 0 Å². The van der Waals surface area contributed by atoms with Gasteiger partial charge in [0.05, 0.1) is 23.5 Å². The Morgan fingerprint density at radius 3 is 2.59 bits per heavy atom. The number of likely N-dealkylation sites (tertiary alicyclic amines) is 1. The highest BCUT2D eigenvalue weighted by atomic mass is 16.2. The summed E-state index contributed by atoms with van der Waals surface area (Å²) in [6.07, 6.45) is 4.86. The SMILES string of the molecule is CN(Cc1cc(-c2ccccc2)n[nH]1)c1ncc(C(=O)N2CCC(N)CC2)cn1. The average Bonchev–Trinajstić information content (AvgIpc) is 3.23. The molecule has 2 aromatic heterocycles. The van der Waals surface area contributed by atoms with Crippen molar-refractivity contribution in [2.24, 2.45) is 5.73 Å². The van der Waals surface area contributed by atoms with Gasteiger partial charge < -0.3 is 15.5 Å². The molecule has 0 unspecified atom stereocenters. The lowest BCUT2D eigenvalue weighted by molar-refractivity contribution is 0.0714. The predicted molar refractivity (Wildman–Crippen MR) is 111 cm³/mol. The van der Waals surface area contributed by atoms with E-state index in [4.69, 9.17) is 5.73 Å². The Labute approximate surface area is 169 Å². The summed E-state index contributed by atoms with van der Waals surface area (Å²) in [4.78, 5) is 25.1. The average molecular weight is 391 g/mol. The lowest BCUT2D eigenvalue weighted by Crippen LogP contribution is -2.42. The number of carbonyl (C=O) groups is 1. The molecule has 29 heavy (non-hydrogen) atoms. The largest absolute Gasteiger partial charge is 0.338 e. The topological polar surface area (TPSA) is 104 Å². The number of nitrogens with two attached hydrogens (primary N) is 1. The number of amides is 1. The van der Waals surface area contributed by atoms with Crippen molar-refractivity contribution in [1.29, 1.82) is 0 Å². The van der Waals surface area contributed by atoms with Gasteiger partial charge in [0.25, 0.3) is 5.91 Å². The number of benzene rings is 1. The van der Waals surface area contributed by atoms with Crippen molar-refractivity contribution in [3.8, 4) is 11.3 Å². The molecule has 8 nitrogen and oxygen atoms in total. The zero-order valence-corrected chi connectivity index (χ0v) is 16.5. The summed E-state index contributed by atoms with van der Waals surface area (Å²) in [5, 5.41) is 7.44. The number of nitrogens with zero attached hydrogens (tertiary/aromatic N) is 5. The molecule has 150 valence electrons. The minimum Gasteiger partial charge on any atom is -0.338 e. The molecule has 4 rings (SSSR count). The Bertz CT molecular complexity index is 947. The Morgan fingerprint density at radius 2 is 1.90 bits per heavy atom. The minimum atomic E-state index is -0.0350. The van der Waals surface area contributed by atoms with Crippen LogP contribution in [-0.2, 0) is 6.54 Å². The quantitative estimate of drug-likeness (QED) is 0.690. The molecule has 1 aromatic carbocycles. The second kappa shape index (κ2) is 8.40. The second-order valence-electron chi connectivity index (χ2n) is 7.40. The molecule has 3 N–H and O–H groups in total. The molecule has 0 atom stereocenters. The van der Waals surface area contributed by atoms with E-state index in [-0.39, 0.29) is 11.9 Å². The number of anilines is 1. The summed E-state index contributed by atoms with van der Waals surface area (Å²) in [6, 6.07) is 12.2. The monoisotopic (exact) mass is 391 g/mol. The summed E-state index contributed by atoms with van der Waals surface area (Å²) in [5.74, 6) is 0.519. The summed E-state index contributed by atoms with van der Waals surface area (Å²) in [6.45, 7) is 1.95. The minimum absolute atomic E-state index is 0.0350. The van der Waals surface area contributed by atoms with Crippen molar-refractivity contribution in [2.45, 2.75) is 25.4 Å². The molecule has 0 bridgehead atoms. The van der Waals surface area contributed by atoms with E-state index < -0.39 is 0 Å². The summed E-state index contributed by atoms with van der Waals surface area (Å²) in [7, 11) is 1.91. The fourth-order valence-electron chi connectivity index (χ4n) is 3.44. The van der Waals surface area contributed by atoms with Gasteiger partial charge in [-0.25, -0.2) is 9.97 Å². The Kier molecular flexibility index (Phi) is 5.53. The van der Waals surface area contributed by atoms with Crippen molar-refractivity contribution in [1.82, 2.24) is 25.1 Å². The third-order valence-corrected chi connectivity index (χ3v) is 5.16. The summed E-state index contributed by atoms with van der Waals surface area (Å²) in [5.41, 5.74) is 9.34. The van der Waals surface area contributed by atoms with E-state index in [2.05, 4.69) is 20.2 Å². The molecule has 0 radical (unpaired) electrons. The maximum Gasteiger partial charge on any atom is 0.256 e. The number of nitrogens with one attached hydrogen (secondary N) is 1. The van der Waals surface area contributed by atoms with Crippen LogP contribution < -0.4 is 10.6 Å². The standard InChI is InChI=1S/C21H25N7O/c1-27(14-18-11-19(26-25-18)15-5-3-2-4-6-15)21-23-12-16(13-24-21)20(29)28-9-7-17(22)8-10-28/h2-6,11-13,17H,7-10,14,22H2,1H3,(H,25,26). The molecule has 1 aliphatic rings. The molecule has 1 aliphatic heterocycles. The van der Waals surface area contributed by atoms with Crippen LogP contribution in [0.3, 0.4) is 0 Å². The Morgan fingerprint density at radius 1 is 1.21 bits per heavy atom. The van der Waals surface area contributed by atoms with Crippen molar-refractivity contribution >= 4 is 11.9 Å². The van der Waals surface area contributed by atoms with E-state index in [1.54, 1.807) is 12.4 Å². The summed E-state index contributed by atoms with van der Waals surface area (Å²) >= 11 is 0. The maximum atomic E-state index is 12.6. The van der Waals surface area contributed by atoms with Crippen LogP contribution in [0.4, 0.5) is 5.95 Å². The van der Waals surface area contributed by atoms with E-state index in [9.17, 15) is 4.79 Å². The number of H-pyrrole nitrogens is 1. The van der Waals surface area contributed by atoms with E-state index in [1.807, 2.05) is 53.2 Å². The molecule has 0 saturated carbocycles.